The second-order valence-electron chi connectivity index (χ2n) is 9.15. The van der Waals surface area contributed by atoms with Crippen LogP contribution in [0.1, 0.15) is 37.6 Å². The molecule has 4 rings (SSSR count). The third-order valence-corrected chi connectivity index (χ3v) is 5.85. The van der Waals surface area contributed by atoms with Gasteiger partial charge in [0.2, 0.25) is 5.91 Å². The zero-order valence-electron chi connectivity index (χ0n) is 18.1. The van der Waals surface area contributed by atoms with Gasteiger partial charge < -0.3 is 15.4 Å². The van der Waals surface area contributed by atoms with E-state index in [0.717, 1.165) is 36.7 Å². The van der Waals surface area contributed by atoms with Crippen LogP contribution in [0.15, 0.2) is 42.5 Å². The fourth-order valence-corrected chi connectivity index (χ4v) is 4.12. The van der Waals surface area contributed by atoms with Gasteiger partial charge in [-0.15, -0.1) is 0 Å². The number of fused-ring (bicyclic) bond motifs is 1. The third kappa shape index (κ3) is 4.50. The molecule has 2 aliphatic heterocycles. The number of pyridine rings is 1. The molecule has 0 radical (unpaired) electrons. The minimum atomic E-state index is -0.715. The van der Waals surface area contributed by atoms with Crippen molar-refractivity contribution in [1.82, 2.24) is 15.2 Å². The lowest BCUT2D eigenvalue weighted by Gasteiger charge is -2.41. The Labute approximate surface area is 179 Å². The molecule has 1 fully saturated rings. The Kier molecular flexibility index (Phi) is 6.06. The molecule has 1 aromatic carbocycles. The number of nitrogens with one attached hydrogen (secondary N) is 2. The van der Waals surface area contributed by atoms with Gasteiger partial charge >= 0.3 is 0 Å². The van der Waals surface area contributed by atoms with Gasteiger partial charge in [0, 0.05) is 26.2 Å². The Morgan fingerprint density at radius 3 is 2.67 bits per heavy atom. The summed E-state index contributed by atoms with van der Waals surface area (Å²) in [4.78, 5) is 20.7. The lowest BCUT2D eigenvalue weighted by Crippen LogP contribution is -2.58. The Bertz CT molecular complexity index is 882. The second kappa shape index (κ2) is 8.74. The molecule has 1 saturated heterocycles. The lowest BCUT2D eigenvalue weighted by atomic mass is 9.78. The van der Waals surface area contributed by atoms with Crippen LogP contribution in [0.5, 0.6) is 0 Å². The molecular formula is C24H32N4O2. The van der Waals surface area contributed by atoms with Crippen LogP contribution in [0.3, 0.4) is 0 Å². The number of carbonyl (C=O) groups excluding carboxylic acids is 1. The summed E-state index contributed by atoms with van der Waals surface area (Å²) in [6, 6.07) is 14.7. The highest BCUT2D eigenvalue weighted by atomic mass is 16.5. The highest BCUT2D eigenvalue weighted by molar-refractivity contribution is 5.88. The van der Waals surface area contributed by atoms with Crippen molar-refractivity contribution in [3.63, 3.8) is 0 Å². The number of hydrogen-bond acceptors (Lipinski definition) is 5. The van der Waals surface area contributed by atoms with Gasteiger partial charge in [-0.2, -0.15) is 0 Å². The molecule has 1 atom stereocenters. The van der Waals surface area contributed by atoms with E-state index < -0.39 is 5.41 Å². The first kappa shape index (κ1) is 20.8. The summed E-state index contributed by atoms with van der Waals surface area (Å²) < 4.78 is 5.25. The monoisotopic (exact) mass is 408 g/mol. The average molecular weight is 409 g/mol. The first-order valence-corrected chi connectivity index (χ1v) is 10.8. The molecule has 1 amide bonds. The van der Waals surface area contributed by atoms with Gasteiger partial charge in [-0.1, -0.05) is 50.2 Å². The minimum absolute atomic E-state index is 0.0309. The molecule has 0 aliphatic carbocycles. The van der Waals surface area contributed by atoms with Gasteiger partial charge in [-0.25, -0.2) is 4.98 Å². The summed E-state index contributed by atoms with van der Waals surface area (Å²) in [5.74, 6) is 1.39. The number of rotatable bonds is 7. The molecule has 160 valence electrons. The van der Waals surface area contributed by atoms with E-state index in [9.17, 15) is 4.79 Å². The largest absolute Gasteiger partial charge is 0.377 e. The molecule has 2 aliphatic rings. The fraction of sp³-hybridized carbons (Fsp3) is 0.500. The smallest absolute Gasteiger partial charge is 0.233 e. The van der Waals surface area contributed by atoms with Crippen molar-refractivity contribution < 1.29 is 9.53 Å². The lowest BCUT2D eigenvalue weighted by molar-refractivity contribution is -0.132. The average Bonchev–Trinajstić information content (AvgIpc) is 2.70. The van der Waals surface area contributed by atoms with Crippen molar-refractivity contribution in [3.8, 4) is 0 Å². The van der Waals surface area contributed by atoms with Crippen molar-refractivity contribution in [3.05, 3.63) is 59.3 Å². The van der Waals surface area contributed by atoms with Gasteiger partial charge in [0.05, 0.1) is 24.9 Å². The second-order valence-corrected chi connectivity index (χ2v) is 9.15. The highest BCUT2D eigenvalue weighted by Crippen LogP contribution is 2.34. The molecule has 6 heteroatoms. The molecule has 1 aromatic heterocycles. The van der Waals surface area contributed by atoms with Crippen molar-refractivity contribution in [2.45, 2.75) is 45.3 Å². The van der Waals surface area contributed by atoms with Crippen molar-refractivity contribution in [2.75, 3.05) is 31.6 Å². The van der Waals surface area contributed by atoms with E-state index >= 15 is 0 Å². The zero-order chi connectivity index (χ0) is 21.1. The number of aromatic nitrogens is 1. The van der Waals surface area contributed by atoms with Crippen LogP contribution in [-0.4, -0.2) is 48.1 Å². The Balaban J connectivity index is 1.62. The number of ether oxygens (including phenoxy) is 1. The fourth-order valence-electron chi connectivity index (χ4n) is 4.12. The predicted molar refractivity (Wildman–Crippen MR) is 118 cm³/mol. The van der Waals surface area contributed by atoms with Crippen LogP contribution in [-0.2, 0) is 28.0 Å². The third-order valence-electron chi connectivity index (χ3n) is 5.85. The summed E-state index contributed by atoms with van der Waals surface area (Å²) in [5, 5.41) is 6.58. The summed E-state index contributed by atoms with van der Waals surface area (Å²) >= 11 is 0. The number of anilines is 1. The Morgan fingerprint density at radius 2 is 2.00 bits per heavy atom. The van der Waals surface area contributed by atoms with E-state index in [2.05, 4.69) is 59.7 Å². The Hall–Kier alpha value is -2.44. The van der Waals surface area contributed by atoms with Crippen LogP contribution in [0, 0.1) is 5.92 Å². The van der Waals surface area contributed by atoms with Crippen LogP contribution >= 0.6 is 0 Å². The normalized spacial score (nSPS) is 21.7. The summed E-state index contributed by atoms with van der Waals surface area (Å²) in [5.41, 5.74) is 2.54. The van der Waals surface area contributed by atoms with Gasteiger partial charge in [-0.3, -0.25) is 9.69 Å². The van der Waals surface area contributed by atoms with E-state index in [1.54, 1.807) is 0 Å². The van der Waals surface area contributed by atoms with Crippen molar-refractivity contribution >= 4 is 11.7 Å². The van der Waals surface area contributed by atoms with Gasteiger partial charge in [0.1, 0.15) is 11.2 Å². The molecule has 3 heterocycles. The van der Waals surface area contributed by atoms with Gasteiger partial charge in [-0.05, 0) is 30.0 Å². The molecule has 0 saturated carbocycles. The van der Waals surface area contributed by atoms with Gasteiger partial charge in [0.15, 0.2) is 0 Å². The molecule has 0 spiro atoms. The quantitative estimate of drug-likeness (QED) is 0.737. The molecule has 30 heavy (non-hydrogen) atoms. The van der Waals surface area contributed by atoms with E-state index in [-0.39, 0.29) is 11.9 Å². The maximum Gasteiger partial charge on any atom is 0.233 e. The van der Waals surface area contributed by atoms with Crippen LogP contribution < -0.4 is 10.6 Å². The summed E-state index contributed by atoms with van der Waals surface area (Å²) in [6.45, 7) is 10.6. The summed E-state index contributed by atoms with van der Waals surface area (Å²) in [7, 11) is 0. The minimum Gasteiger partial charge on any atom is -0.377 e. The van der Waals surface area contributed by atoms with E-state index in [4.69, 9.17) is 9.72 Å². The van der Waals surface area contributed by atoms with Crippen LogP contribution in [0.25, 0.3) is 0 Å². The molecule has 6 nitrogen and oxygen atoms in total. The predicted octanol–water partition coefficient (Wildman–Crippen LogP) is 2.94. The number of nitrogens with zero attached hydrogens (tertiary/aromatic N) is 2. The number of benzene rings is 1. The first-order valence-electron chi connectivity index (χ1n) is 10.8. The molecule has 0 bridgehead atoms. The molecule has 1 unspecified atom stereocenters. The van der Waals surface area contributed by atoms with E-state index in [1.165, 1.54) is 5.56 Å². The van der Waals surface area contributed by atoms with Crippen molar-refractivity contribution in [2.24, 2.45) is 5.92 Å². The highest BCUT2D eigenvalue weighted by Gasteiger charge is 2.44. The topological polar surface area (TPSA) is 66.5 Å². The summed E-state index contributed by atoms with van der Waals surface area (Å²) in [6.07, 6.45) is 0. The standard InChI is InChI=1S/C24H32N4O2/c1-17(2)11-25-21-10-9-19-13-28(12-18-7-5-4-6-8-18)16-24(3,22(19)27-21)23(29)26-20-14-30-15-20/h4-10,17,20H,11-16H2,1-3H3,(H,25,27)(H,26,29). The van der Waals surface area contributed by atoms with Gasteiger partial charge in [0.25, 0.3) is 0 Å². The number of carbonyl (C=O) groups is 1. The maximum absolute atomic E-state index is 13.4. The number of amides is 1. The van der Waals surface area contributed by atoms with Crippen LogP contribution in [0.4, 0.5) is 5.82 Å². The van der Waals surface area contributed by atoms with E-state index in [0.29, 0.717) is 25.7 Å². The van der Waals surface area contributed by atoms with Crippen molar-refractivity contribution in [1.29, 1.82) is 0 Å². The SMILES string of the molecule is CC(C)CNc1ccc2c(n1)C(C)(C(=O)NC1COC1)CN(Cc1ccccc1)C2. The van der Waals surface area contributed by atoms with E-state index in [1.807, 2.05) is 19.1 Å². The molecule has 2 N–H and O–H groups in total. The first-order chi connectivity index (χ1) is 14.4. The molecule has 2 aromatic rings. The number of hydrogen-bond donors (Lipinski definition) is 2. The Morgan fingerprint density at radius 1 is 1.23 bits per heavy atom. The maximum atomic E-state index is 13.4. The zero-order valence-corrected chi connectivity index (χ0v) is 18.1. The van der Waals surface area contributed by atoms with Crippen LogP contribution in [0.2, 0.25) is 0 Å². The molecular weight excluding hydrogens is 376 g/mol.